The molecule has 9 rings (SSSR count). The van der Waals surface area contributed by atoms with Crippen molar-refractivity contribution >= 4 is 50.3 Å². The summed E-state index contributed by atoms with van der Waals surface area (Å²) in [5, 5.41) is 15.7. The largest absolute Gasteiger partial charge is 0.586 e. The second-order valence-electron chi connectivity index (χ2n) is 14.4. The van der Waals surface area contributed by atoms with Gasteiger partial charge < -0.3 is 39.4 Å². The Labute approximate surface area is 283 Å². The van der Waals surface area contributed by atoms with Crippen LogP contribution in [-0.4, -0.2) is 77.5 Å². The molecule has 6 aliphatic rings. The molecular formula is C33H32F2N6O7S. The first-order valence-corrected chi connectivity index (χ1v) is 16.6. The summed E-state index contributed by atoms with van der Waals surface area (Å²) in [6.07, 6.45) is -1.92. The number of anilines is 2. The molecule has 5 fully saturated rings. The van der Waals surface area contributed by atoms with E-state index in [0.717, 1.165) is 18.6 Å². The van der Waals surface area contributed by atoms with Gasteiger partial charge in [-0.15, -0.1) is 8.78 Å². The number of piperazine rings is 1. The van der Waals surface area contributed by atoms with Crippen LogP contribution < -0.4 is 29.7 Å². The summed E-state index contributed by atoms with van der Waals surface area (Å²) in [7, 11) is 1.42. The minimum absolute atomic E-state index is 0.0305. The van der Waals surface area contributed by atoms with Gasteiger partial charge in [-0.05, 0) is 64.7 Å². The standard InChI is InChI=1S/C33H32F2N6O7S/c1-30(2,3)48-29(44)40-10-16-7-17(11-40)41(16)28-38-19-5-6-21(45-4)24(25(19)49-28)27(43)37-20-9-23-22(46-33(34,35)47-23)8-18(20)26(42)39-32-12-31(13-32,14-32)15-36/h5-6,8-9,16-17H,7,10-14H2,1-4H3,(H,37,43)(H,39,42). The fraction of sp³-hybridized carbons (Fsp3) is 0.485. The van der Waals surface area contributed by atoms with Crippen LogP contribution in [0.2, 0.25) is 0 Å². The number of likely N-dealkylation sites (tertiary alicyclic amines) is 1. The van der Waals surface area contributed by atoms with Crippen LogP contribution in [-0.2, 0) is 4.74 Å². The van der Waals surface area contributed by atoms with Crippen molar-refractivity contribution in [1.82, 2.24) is 15.2 Å². The number of alkyl halides is 2. The highest BCUT2D eigenvalue weighted by molar-refractivity contribution is 7.22. The number of thiazole rings is 1. The van der Waals surface area contributed by atoms with Gasteiger partial charge in [-0.1, -0.05) is 11.3 Å². The van der Waals surface area contributed by atoms with E-state index >= 15 is 0 Å². The molecule has 16 heteroatoms. The van der Waals surface area contributed by atoms with Gasteiger partial charge in [0, 0.05) is 24.7 Å². The number of hydrogen-bond acceptors (Lipinski definition) is 11. The van der Waals surface area contributed by atoms with Gasteiger partial charge in [0.25, 0.3) is 11.8 Å². The van der Waals surface area contributed by atoms with Crippen molar-refractivity contribution in [3.8, 4) is 23.3 Å². The summed E-state index contributed by atoms with van der Waals surface area (Å²) in [5.74, 6) is -1.73. The Kier molecular flexibility index (Phi) is 6.59. The van der Waals surface area contributed by atoms with E-state index in [-0.39, 0.29) is 52.2 Å². The molecule has 3 saturated carbocycles. The van der Waals surface area contributed by atoms with Crippen LogP contribution in [0.4, 0.5) is 24.4 Å². The van der Waals surface area contributed by atoms with E-state index in [1.165, 1.54) is 18.4 Å². The third kappa shape index (κ3) is 5.13. The monoisotopic (exact) mass is 694 g/mol. The number of nitriles is 1. The van der Waals surface area contributed by atoms with Gasteiger partial charge in [0.15, 0.2) is 16.6 Å². The topological polar surface area (TPSA) is 155 Å². The van der Waals surface area contributed by atoms with Gasteiger partial charge in [-0.2, -0.15) is 5.26 Å². The van der Waals surface area contributed by atoms with E-state index in [1.807, 2.05) is 20.8 Å². The lowest BCUT2D eigenvalue weighted by Gasteiger charge is -2.66. The highest BCUT2D eigenvalue weighted by Crippen LogP contribution is 2.66. The highest BCUT2D eigenvalue weighted by atomic mass is 32.1. The van der Waals surface area contributed by atoms with E-state index < -0.39 is 34.7 Å². The third-order valence-corrected chi connectivity index (χ3v) is 10.8. The second-order valence-corrected chi connectivity index (χ2v) is 15.4. The van der Waals surface area contributed by atoms with Crippen molar-refractivity contribution in [2.24, 2.45) is 5.41 Å². The van der Waals surface area contributed by atoms with Crippen LogP contribution >= 0.6 is 11.3 Å². The normalized spacial score (nSPS) is 26.9. The van der Waals surface area contributed by atoms with Crippen molar-refractivity contribution < 1.29 is 42.1 Å². The molecule has 256 valence electrons. The first kappa shape index (κ1) is 31.4. The Morgan fingerprint density at radius 1 is 1.08 bits per heavy atom. The molecule has 0 spiro atoms. The average Bonchev–Trinajstić information content (AvgIpc) is 3.54. The number of piperidine rings is 1. The molecule has 3 aromatic rings. The van der Waals surface area contributed by atoms with Crippen LogP contribution in [0.1, 0.15) is 67.2 Å². The zero-order valence-electron chi connectivity index (χ0n) is 27.0. The van der Waals surface area contributed by atoms with Gasteiger partial charge in [-0.25, -0.2) is 9.78 Å². The summed E-state index contributed by atoms with van der Waals surface area (Å²) >= 11 is 1.30. The van der Waals surface area contributed by atoms with Gasteiger partial charge in [0.05, 0.1) is 52.1 Å². The fourth-order valence-electron chi connectivity index (χ4n) is 7.67. The molecule has 2 N–H and O–H groups in total. The summed E-state index contributed by atoms with van der Waals surface area (Å²) in [6, 6.07) is 7.94. The van der Waals surface area contributed by atoms with Crippen LogP contribution in [0.3, 0.4) is 0 Å². The van der Waals surface area contributed by atoms with E-state index in [9.17, 15) is 28.4 Å². The first-order chi connectivity index (χ1) is 23.1. The van der Waals surface area contributed by atoms with E-state index in [1.54, 1.807) is 17.0 Å². The van der Waals surface area contributed by atoms with Crippen LogP contribution in [0.15, 0.2) is 24.3 Å². The number of carbonyl (C=O) groups is 3. The number of methoxy groups -OCH3 is 1. The third-order valence-electron chi connectivity index (χ3n) is 9.70. The molecule has 1 aromatic heterocycles. The summed E-state index contributed by atoms with van der Waals surface area (Å²) < 4.78 is 48.9. The zero-order chi connectivity index (χ0) is 34.7. The Morgan fingerprint density at radius 2 is 1.76 bits per heavy atom. The average molecular weight is 695 g/mol. The summed E-state index contributed by atoms with van der Waals surface area (Å²) in [6.45, 7) is 6.44. The Bertz CT molecular complexity index is 1970. The second kappa shape index (κ2) is 10.3. The molecule has 2 unspecified atom stereocenters. The fourth-order valence-corrected chi connectivity index (χ4v) is 8.92. The molecule has 2 saturated heterocycles. The Hall–Kier alpha value is -4.91. The number of hydrogen-bond donors (Lipinski definition) is 2. The zero-order valence-corrected chi connectivity index (χ0v) is 27.8. The predicted molar refractivity (Wildman–Crippen MR) is 171 cm³/mol. The smallest absolute Gasteiger partial charge is 0.496 e. The number of halogens is 2. The van der Waals surface area contributed by atoms with Crippen molar-refractivity contribution in [2.45, 2.75) is 76.0 Å². The summed E-state index contributed by atoms with van der Waals surface area (Å²) in [5.41, 5.74) is -1.09. The summed E-state index contributed by atoms with van der Waals surface area (Å²) in [4.78, 5) is 49.0. The SMILES string of the molecule is COc1ccc2nc(N3C4CC3CN(C(=O)OC(C)(C)C)C4)sc2c1C(=O)Nc1cc2c(cc1C(=O)NC13CC(C#N)(C1)C3)OC(F)(F)O2. The van der Waals surface area contributed by atoms with Crippen molar-refractivity contribution in [3.05, 3.63) is 35.4 Å². The molecule has 3 aliphatic heterocycles. The lowest BCUT2D eigenvalue weighted by Crippen LogP contribution is -2.74. The van der Waals surface area contributed by atoms with Crippen molar-refractivity contribution in [1.29, 1.82) is 5.26 Å². The molecule has 3 amide bonds. The minimum Gasteiger partial charge on any atom is -0.496 e. The molecule has 0 radical (unpaired) electrons. The van der Waals surface area contributed by atoms with Crippen LogP contribution in [0, 0.1) is 16.7 Å². The lowest BCUT2D eigenvalue weighted by atomic mass is 9.40. The van der Waals surface area contributed by atoms with E-state index in [0.29, 0.717) is 47.7 Å². The minimum atomic E-state index is -3.95. The molecule has 2 aromatic carbocycles. The number of nitrogens with zero attached hydrogens (tertiary/aromatic N) is 4. The van der Waals surface area contributed by atoms with Gasteiger partial charge in [0.1, 0.15) is 16.9 Å². The molecule has 49 heavy (non-hydrogen) atoms. The van der Waals surface area contributed by atoms with Crippen LogP contribution in [0.25, 0.3) is 10.2 Å². The maximum Gasteiger partial charge on any atom is 0.586 e. The predicted octanol–water partition coefficient (Wildman–Crippen LogP) is 5.25. The number of aromatic nitrogens is 1. The molecular weight excluding hydrogens is 662 g/mol. The number of amides is 3. The maximum atomic E-state index is 14.1. The molecule has 13 nitrogen and oxygen atoms in total. The lowest BCUT2D eigenvalue weighted by molar-refractivity contribution is -0.286. The maximum absolute atomic E-state index is 14.1. The highest BCUT2D eigenvalue weighted by Gasteiger charge is 2.69. The number of rotatable bonds is 6. The number of benzene rings is 2. The van der Waals surface area contributed by atoms with Gasteiger partial charge >= 0.3 is 12.4 Å². The van der Waals surface area contributed by atoms with Crippen molar-refractivity contribution in [3.63, 3.8) is 0 Å². The van der Waals surface area contributed by atoms with E-state index in [2.05, 4.69) is 31.1 Å². The number of ether oxygens (including phenoxy) is 4. The number of carbonyl (C=O) groups excluding carboxylic acids is 3. The molecule has 4 heterocycles. The van der Waals surface area contributed by atoms with Gasteiger partial charge in [-0.3, -0.25) is 9.59 Å². The Balaban J connectivity index is 1.07. The number of nitrogens with one attached hydrogen (secondary N) is 2. The van der Waals surface area contributed by atoms with Gasteiger partial charge in [0.2, 0.25) is 0 Å². The quantitative estimate of drug-likeness (QED) is 0.350. The number of fused-ring (bicyclic) bond motifs is 4. The van der Waals surface area contributed by atoms with Crippen molar-refractivity contribution in [2.75, 3.05) is 30.4 Å². The molecule has 4 bridgehead atoms. The molecule has 3 aliphatic carbocycles. The Morgan fingerprint density at radius 3 is 2.39 bits per heavy atom. The van der Waals surface area contributed by atoms with Crippen LogP contribution in [0.5, 0.6) is 17.2 Å². The first-order valence-electron chi connectivity index (χ1n) is 15.8. The molecule has 2 atom stereocenters. The van der Waals surface area contributed by atoms with E-state index in [4.69, 9.17) is 14.5 Å².